The van der Waals surface area contributed by atoms with Gasteiger partial charge in [0.1, 0.15) is 0 Å². The van der Waals surface area contributed by atoms with Crippen molar-refractivity contribution in [3.8, 4) is 0 Å². The molecule has 0 aliphatic heterocycles. The van der Waals surface area contributed by atoms with Crippen LogP contribution in [0.3, 0.4) is 0 Å². The van der Waals surface area contributed by atoms with Crippen LogP contribution in [0.5, 0.6) is 0 Å². The number of anilines is 1. The summed E-state index contributed by atoms with van der Waals surface area (Å²) >= 11 is 5.87. The minimum atomic E-state index is -0.00528. The monoisotopic (exact) mass is 302 g/mol. The van der Waals surface area contributed by atoms with Gasteiger partial charge in [0.05, 0.1) is 5.56 Å². The van der Waals surface area contributed by atoms with Crippen LogP contribution in [0.25, 0.3) is 0 Å². The number of amides is 1. The van der Waals surface area contributed by atoms with Gasteiger partial charge in [-0.15, -0.1) is 0 Å². The van der Waals surface area contributed by atoms with E-state index in [4.69, 9.17) is 11.6 Å². The number of halogens is 1. The van der Waals surface area contributed by atoms with Gasteiger partial charge in [0, 0.05) is 31.4 Å². The molecule has 2 rings (SSSR count). The summed E-state index contributed by atoms with van der Waals surface area (Å²) in [4.78, 5) is 14.3. The van der Waals surface area contributed by atoms with Gasteiger partial charge in [-0.1, -0.05) is 29.8 Å². The molecule has 3 nitrogen and oxygen atoms in total. The highest BCUT2D eigenvalue weighted by Gasteiger charge is 2.15. The van der Waals surface area contributed by atoms with E-state index >= 15 is 0 Å². The first-order valence-corrected chi connectivity index (χ1v) is 7.17. The van der Waals surface area contributed by atoms with Gasteiger partial charge in [0.2, 0.25) is 0 Å². The number of rotatable bonds is 4. The fraction of sp³-hybridized carbons (Fsp3) is 0.235. The SMILES string of the molecule is CNc1cc(C)ccc1C(=O)N(C)Cc1ccc(Cl)cc1. The van der Waals surface area contributed by atoms with Crippen molar-refractivity contribution in [1.82, 2.24) is 4.90 Å². The molecule has 0 atom stereocenters. The van der Waals surface area contributed by atoms with Gasteiger partial charge < -0.3 is 10.2 Å². The Bertz CT molecular complexity index is 638. The van der Waals surface area contributed by atoms with Gasteiger partial charge in [-0.3, -0.25) is 4.79 Å². The van der Waals surface area contributed by atoms with E-state index in [0.717, 1.165) is 16.8 Å². The van der Waals surface area contributed by atoms with Crippen molar-refractivity contribution in [3.05, 3.63) is 64.2 Å². The van der Waals surface area contributed by atoms with Crippen molar-refractivity contribution in [2.75, 3.05) is 19.4 Å². The number of hydrogen-bond donors (Lipinski definition) is 1. The van der Waals surface area contributed by atoms with Crippen LogP contribution in [0.15, 0.2) is 42.5 Å². The molecule has 0 saturated heterocycles. The third kappa shape index (κ3) is 3.76. The van der Waals surface area contributed by atoms with Crippen LogP contribution < -0.4 is 5.32 Å². The molecule has 0 aliphatic rings. The smallest absolute Gasteiger partial charge is 0.255 e. The van der Waals surface area contributed by atoms with Gasteiger partial charge in [-0.2, -0.15) is 0 Å². The Balaban J connectivity index is 2.17. The highest BCUT2D eigenvalue weighted by atomic mass is 35.5. The Morgan fingerprint density at radius 1 is 1.19 bits per heavy atom. The van der Waals surface area contributed by atoms with Gasteiger partial charge >= 0.3 is 0 Å². The van der Waals surface area contributed by atoms with E-state index in [1.54, 1.807) is 11.9 Å². The molecule has 110 valence electrons. The normalized spacial score (nSPS) is 10.3. The summed E-state index contributed by atoms with van der Waals surface area (Å²) in [7, 11) is 3.63. The van der Waals surface area contributed by atoms with Crippen molar-refractivity contribution in [3.63, 3.8) is 0 Å². The number of benzene rings is 2. The highest BCUT2D eigenvalue weighted by Crippen LogP contribution is 2.20. The Morgan fingerprint density at radius 2 is 1.86 bits per heavy atom. The van der Waals surface area contributed by atoms with Crippen molar-refractivity contribution in [2.45, 2.75) is 13.5 Å². The summed E-state index contributed by atoms with van der Waals surface area (Å²) in [6.45, 7) is 2.56. The number of carbonyl (C=O) groups is 1. The summed E-state index contributed by atoms with van der Waals surface area (Å²) in [5, 5.41) is 3.78. The van der Waals surface area contributed by atoms with E-state index in [1.165, 1.54) is 0 Å². The van der Waals surface area contributed by atoms with Gasteiger partial charge in [0.15, 0.2) is 0 Å². The lowest BCUT2D eigenvalue weighted by molar-refractivity contribution is 0.0786. The number of carbonyl (C=O) groups excluding carboxylic acids is 1. The zero-order valence-electron chi connectivity index (χ0n) is 12.5. The van der Waals surface area contributed by atoms with E-state index in [1.807, 2.05) is 56.4 Å². The second kappa shape index (κ2) is 6.64. The zero-order valence-corrected chi connectivity index (χ0v) is 13.2. The zero-order chi connectivity index (χ0) is 15.4. The lowest BCUT2D eigenvalue weighted by Crippen LogP contribution is -2.26. The van der Waals surface area contributed by atoms with E-state index in [0.29, 0.717) is 17.1 Å². The van der Waals surface area contributed by atoms with Crippen LogP contribution in [0.1, 0.15) is 21.5 Å². The molecule has 0 heterocycles. The minimum absolute atomic E-state index is 0.00528. The average Bonchev–Trinajstić information content (AvgIpc) is 2.48. The second-order valence-corrected chi connectivity index (χ2v) is 5.52. The molecule has 1 amide bonds. The Kier molecular flexibility index (Phi) is 4.86. The summed E-state index contributed by atoms with van der Waals surface area (Å²) < 4.78 is 0. The highest BCUT2D eigenvalue weighted by molar-refractivity contribution is 6.30. The molecule has 2 aromatic rings. The molecular formula is C17H19ClN2O. The minimum Gasteiger partial charge on any atom is -0.387 e. The fourth-order valence-electron chi connectivity index (χ4n) is 2.19. The molecule has 1 N–H and O–H groups in total. The molecule has 0 spiro atoms. The number of hydrogen-bond acceptors (Lipinski definition) is 2. The maximum Gasteiger partial charge on any atom is 0.255 e. The predicted molar refractivity (Wildman–Crippen MR) is 88.0 cm³/mol. The van der Waals surface area contributed by atoms with Crippen molar-refractivity contribution in [2.24, 2.45) is 0 Å². The standard InChI is InChI=1S/C17H19ClN2O/c1-12-4-9-15(16(10-12)19-2)17(21)20(3)11-13-5-7-14(18)8-6-13/h4-10,19H,11H2,1-3H3. The van der Waals surface area contributed by atoms with E-state index in [-0.39, 0.29) is 5.91 Å². The van der Waals surface area contributed by atoms with E-state index in [2.05, 4.69) is 5.32 Å². The van der Waals surface area contributed by atoms with Crippen LogP contribution in [0.4, 0.5) is 5.69 Å². The van der Waals surface area contributed by atoms with Gasteiger partial charge in [-0.05, 0) is 42.3 Å². The lowest BCUT2D eigenvalue weighted by atomic mass is 10.1. The van der Waals surface area contributed by atoms with Gasteiger partial charge in [0.25, 0.3) is 5.91 Å². The second-order valence-electron chi connectivity index (χ2n) is 5.09. The first-order valence-electron chi connectivity index (χ1n) is 6.79. The van der Waals surface area contributed by atoms with E-state index < -0.39 is 0 Å². The largest absolute Gasteiger partial charge is 0.387 e. The number of nitrogens with zero attached hydrogens (tertiary/aromatic N) is 1. The first kappa shape index (κ1) is 15.4. The van der Waals surface area contributed by atoms with Crippen LogP contribution in [0, 0.1) is 6.92 Å². The average molecular weight is 303 g/mol. The Labute approximate surface area is 130 Å². The molecule has 4 heteroatoms. The third-order valence-electron chi connectivity index (χ3n) is 3.35. The quantitative estimate of drug-likeness (QED) is 0.927. The van der Waals surface area contributed by atoms with E-state index in [9.17, 15) is 4.79 Å². The molecule has 0 bridgehead atoms. The molecule has 0 saturated carbocycles. The van der Waals surface area contributed by atoms with Crippen molar-refractivity contribution in [1.29, 1.82) is 0 Å². The molecule has 21 heavy (non-hydrogen) atoms. The molecule has 0 fully saturated rings. The maximum atomic E-state index is 12.6. The summed E-state index contributed by atoms with van der Waals surface area (Å²) in [5.41, 5.74) is 3.70. The summed E-state index contributed by atoms with van der Waals surface area (Å²) in [6, 6.07) is 13.3. The van der Waals surface area contributed by atoms with Crippen LogP contribution >= 0.6 is 11.6 Å². The topological polar surface area (TPSA) is 32.3 Å². The lowest BCUT2D eigenvalue weighted by Gasteiger charge is -2.19. The predicted octanol–water partition coefficient (Wildman–Crippen LogP) is 3.96. The van der Waals surface area contributed by atoms with Crippen LogP contribution in [0.2, 0.25) is 5.02 Å². The molecule has 0 aromatic heterocycles. The van der Waals surface area contributed by atoms with Crippen molar-refractivity contribution < 1.29 is 4.79 Å². The molecule has 0 radical (unpaired) electrons. The van der Waals surface area contributed by atoms with Crippen LogP contribution in [-0.2, 0) is 6.54 Å². The molecular weight excluding hydrogens is 284 g/mol. The first-order chi connectivity index (χ1) is 10.0. The fourth-order valence-corrected chi connectivity index (χ4v) is 2.32. The molecule has 2 aromatic carbocycles. The maximum absolute atomic E-state index is 12.6. The molecule has 0 unspecified atom stereocenters. The molecule has 0 aliphatic carbocycles. The van der Waals surface area contributed by atoms with Crippen LogP contribution in [-0.4, -0.2) is 24.9 Å². The number of aryl methyl sites for hydroxylation is 1. The van der Waals surface area contributed by atoms with Crippen molar-refractivity contribution >= 4 is 23.2 Å². The third-order valence-corrected chi connectivity index (χ3v) is 3.61. The summed E-state index contributed by atoms with van der Waals surface area (Å²) in [6.07, 6.45) is 0. The Hall–Kier alpha value is -2.00. The number of nitrogens with one attached hydrogen (secondary N) is 1. The van der Waals surface area contributed by atoms with Gasteiger partial charge in [-0.25, -0.2) is 0 Å². The summed E-state index contributed by atoms with van der Waals surface area (Å²) in [5.74, 6) is -0.00528. The Morgan fingerprint density at radius 3 is 2.48 bits per heavy atom.